The van der Waals surface area contributed by atoms with Gasteiger partial charge in [0.15, 0.2) is 0 Å². The largest absolute Gasteiger partial charge is 0.325 e. The fourth-order valence-corrected chi connectivity index (χ4v) is 1.85. The molecule has 2 aromatic rings. The lowest BCUT2D eigenvalue weighted by atomic mass is 10.2. The van der Waals surface area contributed by atoms with E-state index in [9.17, 15) is 4.79 Å². The number of carbonyl (C=O) groups is 1. The van der Waals surface area contributed by atoms with Crippen molar-refractivity contribution in [1.29, 1.82) is 0 Å². The highest BCUT2D eigenvalue weighted by molar-refractivity contribution is 5.94. The average Bonchev–Trinajstić information content (AvgIpc) is 2.77. The molecular formula is C15H20N4O. The topological polar surface area (TPSA) is 59.0 Å². The molecule has 0 aliphatic carbocycles. The molecule has 0 aliphatic heterocycles. The fourth-order valence-electron chi connectivity index (χ4n) is 1.85. The summed E-state index contributed by atoms with van der Waals surface area (Å²) in [4.78, 5) is 12.0. The summed E-state index contributed by atoms with van der Waals surface area (Å²) < 4.78 is 1.83. The van der Waals surface area contributed by atoms with E-state index in [1.807, 2.05) is 62.1 Å². The van der Waals surface area contributed by atoms with Crippen molar-refractivity contribution in [2.24, 2.45) is 7.05 Å². The Labute approximate surface area is 119 Å². The molecule has 106 valence electrons. The van der Waals surface area contributed by atoms with Gasteiger partial charge in [0.05, 0.1) is 12.2 Å². The summed E-state index contributed by atoms with van der Waals surface area (Å²) in [5.74, 6) is -0.0438. The summed E-state index contributed by atoms with van der Waals surface area (Å²) in [6.07, 6.45) is 1.82. The molecule has 1 heterocycles. The molecule has 0 saturated heterocycles. The zero-order valence-electron chi connectivity index (χ0n) is 12.1. The number of hydrogen-bond acceptors (Lipinski definition) is 3. The second-order valence-electron chi connectivity index (χ2n) is 4.84. The van der Waals surface area contributed by atoms with E-state index in [0.717, 1.165) is 16.9 Å². The third-order valence-corrected chi connectivity index (χ3v) is 3.37. The minimum atomic E-state index is -0.269. The van der Waals surface area contributed by atoms with Crippen molar-refractivity contribution in [3.63, 3.8) is 0 Å². The zero-order valence-corrected chi connectivity index (χ0v) is 12.1. The van der Waals surface area contributed by atoms with Crippen LogP contribution in [0.5, 0.6) is 0 Å². The van der Waals surface area contributed by atoms with Gasteiger partial charge in [-0.1, -0.05) is 18.2 Å². The molecule has 1 unspecified atom stereocenters. The summed E-state index contributed by atoms with van der Waals surface area (Å²) >= 11 is 0. The normalized spacial score (nSPS) is 12.2. The molecule has 0 aliphatic rings. The van der Waals surface area contributed by atoms with Gasteiger partial charge in [0.25, 0.3) is 0 Å². The van der Waals surface area contributed by atoms with Crippen LogP contribution < -0.4 is 10.6 Å². The maximum atomic E-state index is 12.0. The van der Waals surface area contributed by atoms with Crippen LogP contribution in [-0.4, -0.2) is 21.7 Å². The van der Waals surface area contributed by atoms with E-state index in [4.69, 9.17) is 0 Å². The molecule has 20 heavy (non-hydrogen) atoms. The number of aromatic nitrogens is 2. The van der Waals surface area contributed by atoms with E-state index in [1.54, 1.807) is 0 Å². The van der Waals surface area contributed by atoms with Gasteiger partial charge in [0.1, 0.15) is 0 Å². The van der Waals surface area contributed by atoms with Crippen molar-refractivity contribution >= 4 is 11.6 Å². The number of aryl methyl sites for hydroxylation is 1. The lowest BCUT2D eigenvalue weighted by Crippen LogP contribution is -2.37. The maximum absolute atomic E-state index is 12.0. The standard InChI is InChI=1S/C15H20N4O/c1-11(15(20)18-14-7-5-4-6-8-14)16-9-13-10-17-19(3)12(13)2/h4-8,10-11,16H,9H2,1-3H3,(H,18,20). The first kappa shape index (κ1) is 14.3. The van der Waals surface area contributed by atoms with Crippen LogP contribution in [-0.2, 0) is 18.4 Å². The van der Waals surface area contributed by atoms with Crippen LogP contribution in [0.25, 0.3) is 0 Å². The third-order valence-electron chi connectivity index (χ3n) is 3.37. The Balaban J connectivity index is 1.87. The predicted octanol–water partition coefficient (Wildman–Crippen LogP) is 1.85. The summed E-state index contributed by atoms with van der Waals surface area (Å²) in [6.45, 7) is 4.49. The van der Waals surface area contributed by atoms with E-state index in [0.29, 0.717) is 6.54 Å². The van der Waals surface area contributed by atoms with Crippen LogP contribution in [0.4, 0.5) is 5.69 Å². The molecule has 1 atom stereocenters. The van der Waals surface area contributed by atoms with Crippen molar-refractivity contribution in [3.8, 4) is 0 Å². The number of anilines is 1. The molecule has 1 aromatic carbocycles. The molecule has 5 heteroatoms. The molecule has 0 radical (unpaired) electrons. The van der Waals surface area contributed by atoms with Crippen molar-refractivity contribution in [3.05, 3.63) is 47.8 Å². The molecular weight excluding hydrogens is 252 g/mol. The first-order chi connectivity index (χ1) is 9.58. The van der Waals surface area contributed by atoms with Gasteiger partial charge in [-0.3, -0.25) is 9.48 Å². The quantitative estimate of drug-likeness (QED) is 0.873. The Morgan fingerprint density at radius 1 is 1.35 bits per heavy atom. The molecule has 0 bridgehead atoms. The van der Waals surface area contributed by atoms with Crippen LogP contribution in [0.15, 0.2) is 36.5 Å². The van der Waals surface area contributed by atoms with Crippen LogP contribution in [0.1, 0.15) is 18.2 Å². The lowest BCUT2D eigenvalue weighted by molar-refractivity contribution is -0.117. The van der Waals surface area contributed by atoms with Gasteiger partial charge in [0, 0.05) is 30.5 Å². The van der Waals surface area contributed by atoms with Crippen molar-refractivity contribution in [2.75, 3.05) is 5.32 Å². The highest BCUT2D eigenvalue weighted by Crippen LogP contribution is 2.07. The second kappa shape index (κ2) is 6.34. The molecule has 0 fully saturated rings. The van der Waals surface area contributed by atoms with Gasteiger partial charge in [-0.25, -0.2) is 0 Å². The van der Waals surface area contributed by atoms with E-state index < -0.39 is 0 Å². The molecule has 0 spiro atoms. The Hall–Kier alpha value is -2.14. The molecule has 0 saturated carbocycles. The number of nitrogens with one attached hydrogen (secondary N) is 2. The van der Waals surface area contributed by atoms with Gasteiger partial charge >= 0.3 is 0 Å². The van der Waals surface area contributed by atoms with E-state index in [1.165, 1.54) is 0 Å². The van der Waals surface area contributed by atoms with Gasteiger partial charge in [0.2, 0.25) is 5.91 Å². The Morgan fingerprint density at radius 3 is 2.65 bits per heavy atom. The van der Waals surface area contributed by atoms with Crippen LogP contribution >= 0.6 is 0 Å². The number of hydrogen-bond donors (Lipinski definition) is 2. The number of rotatable bonds is 5. The van der Waals surface area contributed by atoms with E-state index in [2.05, 4.69) is 15.7 Å². The average molecular weight is 272 g/mol. The van der Waals surface area contributed by atoms with Gasteiger partial charge < -0.3 is 10.6 Å². The number of amides is 1. The highest BCUT2D eigenvalue weighted by atomic mass is 16.2. The summed E-state index contributed by atoms with van der Waals surface area (Å²) in [6, 6.07) is 9.18. The minimum Gasteiger partial charge on any atom is -0.325 e. The van der Waals surface area contributed by atoms with Gasteiger partial charge in [-0.05, 0) is 26.0 Å². The van der Waals surface area contributed by atoms with Crippen LogP contribution in [0.3, 0.4) is 0 Å². The zero-order chi connectivity index (χ0) is 14.5. The fraction of sp³-hybridized carbons (Fsp3) is 0.333. The molecule has 1 aromatic heterocycles. The van der Waals surface area contributed by atoms with Crippen molar-refractivity contribution < 1.29 is 4.79 Å². The van der Waals surface area contributed by atoms with Crippen molar-refractivity contribution in [2.45, 2.75) is 26.4 Å². The molecule has 5 nitrogen and oxygen atoms in total. The number of para-hydroxylation sites is 1. The molecule has 1 amide bonds. The number of carbonyl (C=O) groups excluding carboxylic acids is 1. The van der Waals surface area contributed by atoms with Gasteiger partial charge in [-0.2, -0.15) is 5.10 Å². The molecule has 2 N–H and O–H groups in total. The first-order valence-corrected chi connectivity index (χ1v) is 6.64. The number of nitrogens with zero attached hydrogens (tertiary/aromatic N) is 2. The van der Waals surface area contributed by atoms with Crippen LogP contribution in [0.2, 0.25) is 0 Å². The molecule has 2 rings (SSSR count). The van der Waals surface area contributed by atoms with Crippen LogP contribution in [0, 0.1) is 6.92 Å². The maximum Gasteiger partial charge on any atom is 0.241 e. The SMILES string of the molecule is Cc1c(CNC(C)C(=O)Nc2ccccc2)cnn1C. The highest BCUT2D eigenvalue weighted by Gasteiger charge is 2.13. The van der Waals surface area contributed by atoms with E-state index >= 15 is 0 Å². The Kier molecular flexibility index (Phi) is 4.53. The minimum absolute atomic E-state index is 0.0438. The monoisotopic (exact) mass is 272 g/mol. The smallest absolute Gasteiger partial charge is 0.241 e. The van der Waals surface area contributed by atoms with E-state index in [-0.39, 0.29) is 11.9 Å². The summed E-state index contributed by atoms with van der Waals surface area (Å²) in [5.41, 5.74) is 3.02. The first-order valence-electron chi connectivity index (χ1n) is 6.64. The third kappa shape index (κ3) is 3.45. The second-order valence-corrected chi connectivity index (χ2v) is 4.84. The van der Waals surface area contributed by atoms with Crippen molar-refractivity contribution in [1.82, 2.24) is 15.1 Å². The Morgan fingerprint density at radius 2 is 2.05 bits per heavy atom. The summed E-state index contributed by atoms with van der Waals surface area (Å²) in [7, 11) is 1.91. The summed E-state index contributed by atoms with van der Waals surface area (Å²) in [5, 5.41) is 10.3. The predicted molar refractivity (Wildman–Crippen MR) is 79.3 cm³/mol. The number of benzene rings is 1. The Bertz CT molecular complexity index is 577. The van der Waals surface area contributed by atoms with Gasteiger partial charge in [-0.15, -0.1) is 0 Å². The lowest BCUT2D eigenvalue weighted by Gasteiger charge is -2.14.